The lowest BCUT2D eigenvalue weighted by Gasteiger charge is -2.40. The number of aliphatic hydroxyl groups is 5. The number of carbonyl (C=O) groups is 2. The lowest BCUT2D eigenvalue weighted by atomic mass is 9.99. The Hall–Kier alpha value is -2.12. The first kappa shape index (κ1) is 62.9. The molecular formula is C56H103NO10. The third kappa shape index (κ3) is 36.5. The first-order valence-electron chi connectivity index (χ1n) is 27.8. The van der Waals surface area contributed by atoms with Gasteiger partial charge in [0.15, 0.2) is 6.29 Å². The summed E-state index contributed by atoms with van der Waals surface area (Å²) in [5, 5.41) is 54.1. The standard InChI is InChI=1S/C56H103NO10/c1-3-5-7-9-11-13-14-24-28-32-36-40-44-52(61)65-45-41-37-33-29-25-22-20-18-16-15-17-19-21-23-27-31-35-39-43-51(60)57-48(49(59)42-38-34-30-26-12-10-8-6-4-2)47-66-56-55(64)54(63)53(62)50(46-58)67-56/h11,13,17,19,38,42,48-50,53-56,58-59,62-64H,3-10,12,14-16,18,20-37,39-41,43-47H2,1-2H3,(H,57,60)/b13-11-,19-17-,42-38+. The quantitative estimate of drug-likeness (QED) is 0.0196. The Morgan fingerprint density at radius 2 is 0.955 bits per heavy atom. The van der Waals surface area contributed by atoms with Crippen LogP contribution in [-0.4, -0.2) is 100 Å². The molecule has 11 nitrogen and oxygen atoms in total. The number of carbonyl (C=O) groups excluding carboxylic acids is 2. The molecule has 11 heteroatoms. The molecular weight excluding hydrogens is 847 g/mol. The zero-order valence-corrected chi connectivity index (χ0v) is 42.9. The van der Waals surface area contributed by atoms with Gasteiger partial charge in [-0.25, -0.2) is 0 Å². The van der Waals surface area contributed by atoms with Crippen LogP contribution in [0.5, 0.6) is 0 Å². The number of amides is 1. The van der Waals surface area contributed by atoms with E-state index >= 15 is 0 Å². The van der Waals surface area contributed by atoms with Crippen molar-refractivity contribution >= 4 is 11.9 Å². The summed E-state index contributed by atoms with van der Waals surface area (Å²) in [4.78, 5) is 25.0. The second kappa shape index (κ2) is 46.3. The van der Waals surface area contributed by atoms with E-state index in [0.29, 0.717) is 19.4 Å². The van der Waals surface area contributed by atoms with E-state index in [4.69, 9.17) is 14.2 Å². The Morgan fingerprint density at radius 3 is 1.46 bits per heavy atom. The minimum atomic E-state index is -1.57. The molecule has 6 N–H and O–H groups in total. The number of unbranched alkanes of at least 4 members (excludes halogenated alkanes) is 29. The lowest BCUT2D eigenvalue weighted by molar-refractivity contribution is -0.302. The summed E-state index contributed by atoms with van der Waals surface area (Å²) >= 11 is 0. The summed E-state index contributed by atoms with van der Waals surface area (Å²) in [5.74, 6) is -0.223. The van der Waals surface area contributed by atoms with E-state index in [1.165, 1.54) is 128 Å². The molecule has 1 aliphatic rings. The predicted octanol–water partition coefficient (Wildman–Crippen LogP) is 11.9. The summed E-state index contributed by atoms with van der Waals surface area (Å²) in [6.07, 6.45) is 45.2. The molecule has 0 spiro atoms. The molecule has 1 aliphatic heterocycles. The molecule has 0 aromatic carbocycles. The highest BCUT2D eigenvalue weighted by atomic mass is 16.7. The van der Waals surface area contributed by atoms with E-state index < -0.39 is 49.5 Å². The normalized spacial score (nSPS) is 19.8. The van der Waals surface area contributed by atoms with E-state index in [0.717, 1.165) is 89.9 Å². The number of ether oxygens (including phenoxy) is 3. The van der Waals surface area contributed by atoms with Crippen LogP contribution in [0.15, 0.2) is 36.5 Å². The Balaban J connectivity index is 2.08. The monoisotopic (exact) mass is 950 g/mol. The summed E-state index contributed by atoms with van der Waals surface area (Å²) in [7, 11) is 0. The molecule has 1 saturated heterocycles. The Bertz CT molecular complexity index is 1210. The molecule has 1 heterocycles. The minimum Gasteiger partial charge on any atom is -0.466 e. The molecule has 392 valence electrons. The largest absolute Gasteiger partial charge is 0.466 e. The average Bonchev–Trinajstić information content (AvgIpc) is 3.32. The van der Waals surface area contributed by atoms with Crippen molar-refractivity contribution in [1.82, 2.24) is 5.32 Å². The van der Waals surface area contributed by atoms with Gasteiger partial charge in [-0.1, -0.05) is 185 Å². The van der Waals surface area contributed by atoms with Gasteiger partial charge in [0, 0.05) is 12.8 Å². The van der Waals surface area contributed by atoms with Crippen molar-refractivity contribution < 1.29 is 49.3 Å². The topological polar surface area (TPSA) is 175 Å². The molecule has 1 rings (SSSR count). The van der Waals surface area contributed by atoms with Gasteiger partial charge in [-0.05, 0) is 83.5 Å². The lowest BCUT2D eigenvalue weighted by Crippen LogP contribution is -2.60. The summed E-state index contributed by atoms with van der Waals surface area (Å²) < 4.78 is 16.6. The van der Waals surface area contributed by atoms with Gasteiger partial charge in [-0.15, -0.1) is 0 Å². The Kier molecular flexibility index (Phi) is 43.4. The van der Waals surface area contributed by atoms with Gasteiger partial charge in [0.2, 0.25) is 5.91 Å². The summed E-state index contributed by atoms with van der Waals surface area (Å²) in [6.45, 7) is 4.25. The molecule has 1 fully saturated rings. The van der Waals surface area contributed by atoms with E-state index in [1.807, 2.05) is 6.08 Å². The van der Waals surface area contributed by atoms with Crippen molar-refractivity contribution in [3.8, 4) is 0 Å². The number of nitrogens with one attached hydrogen (secondary N) is 1. The van der Waals surface area contributed by atoms with Crippen LogP contribution in [0.3, 0.4) is 0 Å². The number of hydrogen-bond acceptors (Lipinski definition) is 10. The molecule has 7 unspecified atom stereocenters. The van der Waals surface area contributed by atoms with Crippen LogP contribution in [0.2, 0.25) is 0 Å². The number of rotatable bonds is 47. The maximum atomic E-state index is 13.0. The summed E-state index contributed by atoms with van der Waals surface area (Å²) in [5.41, 5.74) is 0. The van der Waals surface area contributed by atoms with Crippen LogP contribution in [0.4, 0.5) is 0 Å². The molecule has 67 heavy (non-hydrogen) atoms. The van der Waals surface area contributed by atoms with Gasteiger partial charge in [-0.3, -0.25) is 9.59 Å². The highest BCUT2D eigenvalue weighted by Crippen LogP contribution is 2.23. The first-order chi connectivity index (χ1) is 32.7. The van der Waals surface area contributed by atoms with Gasteiger partial charge < -0.3 is 45.1 Å². The van der Waals surface area contributed by atoms with Gasteiger partial charge in [-0.2, -0.15) is 0 Å². The zero-order valence-electron chi connectivity index (χ0n) is 42.9. The Morgan fingerprint density at radius 1 is 0.537 bits per heavy atom. The van der Waals surface area contributed by atoms with Crippen LogP contribution in [0, 0.1) is 0 Å². The molecule has 0 aromatic rings. The molecule has 0 aliphatic carbocycles. The fourth-order valence-electron chi connectivity index (χ4n) is 8.48. The van der Waals surface area contributed by atoms with Gasteiger partial charge in [0.1, 0.15) is 24.4 Å². The van der Waals surface area contributed by atoms with Crippen molar-refractivity contribution in [2.45, 2.75) is 288 Å². The van der Waals surface area contributed by atoms with Crippen LogP contribution in [0.25, 0.3) is 0 Å². The van der Waals surface area contributed by atoms with Crippen molar-refractivity contribution in [2.24, 2.45) is 0 Å². The third-order valence-electron chi connectivity index (χ3n) is 13.0. The molecule has 1 amide bonds. The highest BCUT2D eigenvalue weighted by molar-refractivity contribution is 5.76. The molecule has 0 bridgehead atoms. The van der Waals surface area contributed by atoms with Gasteiger partial charge in [0.25, 0.3) is 0 Å². The molecule has 7 atom stereocenters. The van der Waals surface area contributed by atoms with Crippen molar-refractivity contribution in [3.63, 3.8) is 0 Å². The predicted molar refractivity (Wildman–Crippen MR) is 274 cm³/mol. The van der Waals surface area contributed by atoms with Gasteiger partial charge >= 0.3 is 5.97 Å². The fraction of sp³-hybridized carbons (Fsp3) is 0.857. The van der Waals surface area contributed by atoms with E-state index in [9.17, 15) is 35.1 Å². The fourth-order valence-corrected chi connectivity index (χ4v) is 8.48. The van der Waals surface area contributed by atoms with Crippen molar-refractivity contribution in [3.05, 3.63) is 36.5 Å². The van der Waals surface area contributed by atoms with Crippen LogP contribution in [0.1, 0.15) is 245 Å². The number of esters is 1. The SMILES string of the molecule is CCCCC/C=C\CCCCCCCC(=O)OCCCCCCCCCCC/C=C\CCCCCCCC(=O)NC(COC1OC(CO)C(O)C(O)C1O)C(O)/C=C/CCCCCCCCC. The maximum absolute atomic E-state index is 13.0. The van der Waals surface area contributed by atoms with Crippen molar-refractivity contribution in [2.75, 3.05) is 19.8 Å². The third-order valence-corrected chi connectivity index (χ3v) is 13.0. The van der Waals surface area contributed by atoms with E-state index in [2.05, 4.69) is 43.5 Å². The maximum Gasteiger partial charge on any atom is 0.305 e. The average molecular weight is 950 g/mol. The molecule has 0 saturated carbocycles. The van der Waals surface area contributed by atoms with Crippen LogP contribution in [-0.2, 0) is 23.8 Å². The molecule has 0 aromatic heterocycles. The second-order valence-electron chi connectivity index (χ2n) is 19.3. The molecule has 0 radical (unpaired) electrons. The zero-order chi connectivity index (χ0) is 48.8. The van der Waals surface area contributed by atoms with Crippen LogP contribution < -0.4 is 5.32 Å². The first-order valence-corrected chi connectivity index (χ1v) is 27.8. The van der Waals surface area contributed by atoms with Crippen LogP contribution >= 0.6 is 0 Å². The Labute approximate surface area is 409 Å². The number of aliphatic hydroxyl groups excluding tert-OH is 5. The van der Waals surface area contributed by atoms with E-state index in [1.54, 1.807) is 6.08 Å². The minimum absolute atomic E-state index is 0.0236. The van der Waals surface area contributed by atoms with Gasteiger partial charge in [0.05, 0.1) is 32.0 Å². The van der Waals surface area contributed by atoms with Crippen molar-refractivity contribution in [1.29, 1.82) is 0 Å². The number of allylic oxidation sites excluding steroid dienone is 5. The highest BCUT2D eigenvalue weighted by Gasteiger charge is 2.44. The van der Waals surface area contributed by atoms with E-state index in [-0.39, 0.29) is 18.5 Å². The summed E-state index contributed by atoms with van der Waals surface area (Å²) in [6, 6.07) is -0.819. The smallest absolute Gasteiger partial charge is 0.305 e. The second-order valence-corrected chi connectivity index (χ2v) is 19.3. The number of hydrogen-bond donors (Lipinski definition) is 6.